The van der Waals surface area contributed by atoms with Gasteiger partial charge in [0.1, 0.15) is 18.4 Å². The molecule has 0 aromatic heterocycles. The van der Waals surface area contributed by atoms with E-state index in [-0.39, 0.29) is 23.4 Å². The molecule has 43 heavy (non-hydrogen) atoms. The van der Waals surface area contributed by atoms with Gasteiger partial charge in [0.2, 0.25) is 11.8 Å². The minimum absolute atomic E-state index is 0.0277. The first kappa shape index (κ1) is 32.5. The molecule has 2 amide bonds. The number of sulfonamides is 1. The van der Waals surface area contributed by atoms with E-state index in [1.54, 1.807) is 48.5 Å². The predicted molar refractivity (Wildman–Crippen MR) is 170 cm³/mol. The van der Waals surface area contributed by atoms with E-state index < -0.39 is 34.3 Å². The summed E-state index contributed by atoms with van der Waals surface area (Å²) in [5.74, 6) is -1.20. The van der Waals surface area contributed by atoms with E-state index in [2.05, 4.69) is 5.32 Å². The largest absolute Gasteiger partial charge is 0.352 e. The lowest BCUT2D eigenvalue weighted by Gasteiger charge is -2.34. The van der Waals surface area contributed by atoms with Crippen LogP contribution in [0.25, 0.3) is 0 Å². The van der Waals surface area contributed by atoms with Crippen molar-refractivity contribution in [2.45, 2.75) is 80.8 Å². The molecule has 0 heterocycles. The van der Waals surface area contributed by atoms with Crippen LogP contribution in [-0.2, 0) is 26.2 Å². The number of rotatable bonds is 12. The number of benzene rings is 3. The molecule has 0 radical (unpaired) electrons. The van der Waals surface area contributed by atoms with Crippen LogP contribution >= 0.6 is 11.8 Å². The number of carbonyl (C=O) groups excluding carboxylic acids is 2. The Morgan fingerprint density at radius 1 is 0.953 bits per heavy atom. The molecular weight excluding hydrogens is 586 g/mol. The van der Waals surface area contributed by atoms with Crippen molar-refractivity contribution in [3.05, 3.63) is 89.7 Å². The van der Waals surface area contributed by atoms with Crippen LogP contribution in [0.5, 0.6) is 0 Å². The summed E-state index contributed by atoms with van der Waals surface area (Å²) < 4.78 is 42.9. The molecule has 3 aromatic carbocycles. The van der Waals surface area contributed by atoms with Crippen molar-refractivity contribution in [2.75, 3.05) is 17.1 Å². The van der Waals surface area contributed by atoms with Crippen molar-refractivity contribution in [1.29, 1.82) is 0 Å². The first-order valence-electron chi connectivity index (χ1n) is 14.7. The first-order chi connectivity index (χ1) is 20.6. The fraction of sp³-hybridized carbons (Fsp3) is 0.394. The number of nitrogens with one attached hydrogen (secondary N) is 1. The monoisotopic (exact) mass is 625 g/mol. The summed E-state index contributed by atoms with van der Waals surface area (Å²) in [6.45, 7) is 3.25. The van der Waals surface area contributed by atoms with Gasteiger partial charge in [0.05, 0.1) is 10.6 Å². The fourth-order valence-electron chi connectivity index (χ4n) is 5.36. The van der Waals surface area contributed by atoms with Gasteiger partial charge in [-0.25, -0.2) is 12.8 Å². The van der Waals surface area contributed by atoms with Crippen molar-refractivity contribution in [3.63, 3.8) is 0 Å². The summed E-state index contributed by atoms with van der Waals surface area (Å²) in [4.78, 5) is 30.2. The molecule has 1 atom stereocenters. The predicted octanol–water partition coefficient (Wildman–Crippen LogP) is 6.31. The lowest BCUT2D eigenvalue weighted by Crippen LogP contribution is -2.54. The van der Waals surface area contributed by atoms with Gasteiger partial charge in [-0.2, -0.15) is 0 Å². The van der Waals surface area contributed by atoms with Crippen molar-refractivity contribution in [2.24, 2.45) is 0 Å². The molecule has 4 rings (SSSR count). The number of hydrogen-bond acceptors (Lipinski definition) is 5. The highest BCUT2D eigenvalue weighted by molar-refractivity contribution is 7.98. The Balaban J connectivity index is 1.69. The van der Waals surface area contributed by atoms with Gasteiger partial charge in [-0.1, -0.05) is 56.0 Å². The molecule has 0 saturated heterocycles. The van der Waals surface area contributed by atoms with E-state index in [1.165, 1.54) is 40.9 Å². The molecule has 1 aliphatic rings. The third-order valence-corrected chi connectivity index (χ3v) is 10.4. The van der Waals surface area contributed by atoms with E-state index in [9.17, 15) is 22.4 Å². The Labute approximate surface area is 258 Å². The number of amides is 2. The van der Waals surface area contributed by atoms with E-state index >= 15 is 0 Å². The van der Waals surface area contributed by atoms with E-state index in [0.29, 0.717) is 17.7 Å². The van der Waals surface area contributed by atoms with E-state index in [1.807, 2.05) is 20.1 Å². The van der Waals surface area contributed by atoms with Crippen LogP contribution in [0.2, 0.25) is 0 Å². The molecule has 0 bridgehead atoms. The average Bonchev–Trinajstić information content (AvgIpc) is 3.01. The quantitative estimate of drug-likeness (QED) is 0.239. The van der Waals surface area contributed by atoms with Gasteiger partial charge in [0.15, 0.2) is 0 Å². The Hall–Kier alpha value is -3.37. The van der Waals surface area contributed by atoms with Crippen LogP contribution in [0.15, 0.2) is 82.6 Å². The lowest BCUT2D eigenvalue weighted by atomic mass is 9.95. The second-order valence-corrected chi connectivity index (χ2v) is 13.7. The molecule has 0 unspecified atom stereocenters. The topological polar surface area (TPSA) is 86.8 Å². The molecule has 230 valence electrons. The second kappa shape index (κ2) is 14.9. The number of anilines is 1. The van der Waals surface area contributed by atoms with Gasteiger partial charge in [-0.15, -0.1) is 11.8 Å². The van der Waals surface area contributed by atoms with Crippen LogP contribution in [0.1, 0.15) is 56.6 Å². The zero-order valence-corrected chi connectivity index (χ0v) is 26.6. The molecule has 1 saturated carbocycles. The number of nitrogens with zero attached hydrogens (tertiary/aromatic N) is 2. The highest BCUT2D eigenvalue weighted by Gasteiger charge is 2.34. The molecule has 0 spiro atoms. The molecule has 1 aliphatic carbocycles. The number of hydrogen-bond donors (Lipinski definition) is 1. The van der Waals surface area contributed by atoms with E-state index in [4.69, 9.17) is 0 Å². The SMILES string of the molecule is CC[C@H](C(=O)NC1CCCCC1)N(Cc1ccc(F)cc1)C(=O)CN(c1ccc(C)cc1)S(=O)(=O)c1ccc(SC)cc1. The maximum Gasteiger partial charge on any atom is 0.264 e. The summed E-state index contributed by atoms with van der Waals surface area (Å²) in [7, 11) is -4.15. The highest BCUT2D eigenvalue weighted by atomic mass is 32.2. The van der Waals surface area contributed by atoms with E-state index in [0.717, 1.165) is 46.9 Å². The summed E-state index contributed by atoms with van der Waals surface area (Å²) >= 11 is 1.50. The van der Waals surface area contributed by atoms with Gasteiger partial charge in [-0.05, 0) is 86.5 Å². The van der Waals surface area contributed by atoms with Gasteiger partial charge in [-0.3, -0.25) is 13.9 Å². The Morgan fingerprint density at radius 3 is 2.16 bits per heavy atom. The van der Waals surface area contributed by atoms with Crippen LogP contribution < -0.4 is 9.62 Å². The first-order valence-corrected chi connectivity index (χ1v) is 17.4. The van der Waals surface area contributed by atoms with Crippen molar-refractivity contribution < 1.29 is 22.4 Å². The highest BCUT2D eigenvalue weighted by Crippen LogP contribution is 2.27. The van der Waals surface area contributed by atoms with Crippen LogP contribution in [-0.4, -0.2) is 50.0 Å². The van der Waals surface area contributed by atoms with Gasteiger partial charge >= 0.3 is 0 Å². The maximum atomic E-state index is 14.2. The molecule has 1 N–H and O–H groups in total. The normalized spacial score (nSPS) is 14.6. The van der Waals surface area contributed by atoms with Crippen LogP contribution in [0, 0.1) is 12.7 Å². The van der Waals surface area contributed by atoms with Crippen molar-refractivity contribution in [3.8, 4) is 0 Å². The molecule has 0 aliphatic heterocycles. The summed E-state index contributed by atoms with van der Waals surface area (Å²) in [5.41, 5.74) is 1.92. The van der Waals surface area contributed by atoms with Crippen molar-refractivity contribution in [1.82, 2.24) is 10.2 Å². The molecule has 10 heteroatoms. The minimum Gasteiger partial charge on any atom is -0.352 e. The van der Waals surface area contributed by atoms with Crippen molar-refractivity contribution >= 4 is 39.3 Å². The smallest absolute Gasteiger partial charge is 0.264 e. The maximum absolute atomic E-state index is 14.2. The molecular formula is C33H40FN3O4S2. The van der Waals surface area contributed by atoms with Gasteiger partial charge in [0, 0.05) is 17.5 Å². The number of aryl methyl sites for hydroxylation is 1. The third-order valence-electron chi connectivity index (χ3n) is 7.85. The number of carbonyl (C=O) groups is 2. The van der Waals surface area contributed by atoms with Crippen LogP contribution in [0.3, 0.4) is 0 Å². The summed E-state index contributed by atoms with van der Waals surface area (Å²) in [5, 5.41) is 3.13. The molecule has 1 fully saturated rings. The summed E-state index contributed by atoms with van der Waals surface area (Å²) in [6, 6.07) is 18.5. The standard InChI is InChI=1S/C33H40FN3O4S2/c1-4-31(33(39)35-27-8-6-5-7-9-27)36(22-25-12-14-26(34)15-13-25)32(38)23-37(28-16-10-24(2)11-17-28)43(40,41)30-20-18-29(42-3)19-21-30/h10-21,27,31H,4-9,22-23H2,1-3H3,(H,35,39)/t31-/m1/s1. The minimum atomic E-state index is -4.15. The number of thioether (sulfide) groups is 1. The summed E-state index contributed by atoms with van der Waals surface area (Å²) in [6.07, 6.45) is 7.25. The van der Waals surface area contributed by atoms with Crippen LogP contribution in [0.4, 0.5) is 10.1 Å². The fourth-order valence-corrected chi connectivity index (χ4v) is 7.19. The van der Waals surface area contributed by atoms with Gasteiger partial charge in [0.25, 0.3) is 10.0 Å². The number of halogens is 1. The Morgan fingerprint density at radius 2 is 1.58 bits per heavy atom. The second-order valence-electron chi connectivity index (χ2n) is 10.9. The third kappa shape index (κ3) is 8.38. The Bertz CT molecular complexity index is 1470. The molecule has 3 aromatic rings. The zero-order valence-electron chi connectivity index (χ0n) is 25.0. The zero-order chi connectivity index (χ0) is 31.0. The average molecular weight is 626 g/mol. The Kier molecular flexibility index (Phi) is 11.3. The van der Waals surface area contributed by atoms with Gasteiger partial charge < -0.3 is 10.2 Å². The molecule has 7 nitrogen and oxygen atoms in total. The lowest BCUT2D eigenvalue weighted by molar-refractivity contribution is -0.140.